The van der Waals surface area contributed by atoms with E-state index in [9.17, 15) is 5.26 Å². The highest BCUT2D eigenvalue weighted by atomic mass is 16.5. The number of morpholine rings is 1. The third-order valence-electron chi connectivity index (χ3n) is 4.99. The Hall–Kier alpha value is -2.14. The number of nitriles is 1. The van der Waals surface area contributed by atoms with Crippen LogP contribution in [-0.2, 0) is 4.74 Å². The molecule has 25 heavy (non-hydrogen) atoms. The molecule has 0 bridgehead atoms. The minimum absolute atomic E-state index is 0.181. The maximum atomic E-state index is 9.27. The summed E-state index contributed by atoms with van der Waals surface area (Å²) in [4.78, 5) is 4.85. The van der Waals surface area contributed by atoms with E-state index in [1.807, 2.05) is 18.2 Å². The summed E-state index contributed by atoms with van der Waals surface area (Å²) in [5.74, 6) is 0. The number of rotatable bonds is 3. The fraction of sp³-hybridized carbons (Fsp3) is 0.556. The quantitative estimate of drug-likeness (QED) is 0.887. The average Bonchev–Trinajstić information content (AvgIpc) is 3.11. The van der Waals surface area contributed by atoms with Gasteiger partial charge in [0, 0.05) is 45.8 Å². The molecule has 7 nitrogen and oxygen atoms in total. The molecule has 4 rings (SSSR count). The van der Waals surface area contributed by atoms with E-state index in [-0.39, 0.29) is 12.2 Å². The molecule has 4 heterocycles. The summed E-state index contributed by atoms with van der Waals surface area (Å²) in [6, 6.07) is 8.06. The van der Waals surface area contributed by atoms with Crippen LogP contribution in [-0.4, -0.2) is 72.5 Å². The normalized spacial score (nSPS) is 25.2. The Bertz CT molecular complexity index is 775. The molecule has 132 valence electrons. The third kappa shape index (κ3) is 3.33. The highest BCUT2D eigenvalue weighted by molar-refractivity contribution is 5.74. The molecule has 0 spiro atoms. The number of nitrogens with one attached hydrogen (secondary N) is 1. The van der Waals surface area contributed by atoms with Gasteiger partial charge in [0.15, 0.2) is 0 Å². The molecule has 2 aliphatic rings. The molecular formula is C18H24N6O. The van der Waals surface area contributed by atoms with Crippen molar-refractivity contribution in [1.29, 1.82) is 5.26 Å². The molecule has 2 saturated heterocycles. The van der Waals surface area contributed by atoms with Crippen LogP contribution in [0.25, 0.3) is 5.52 Å². The lowest BCUT2D eigenvalue weighted by atomic mass is 10.1. The van der Waals surface area contributed by atoms with Gasteiger partial charge in [-0.3, -0.25) is 4.90 Å². The van der Waals surface area contributed by atoms with E-state index in [0.29, 0.717) is 5.69 Å². The second-order valence-electron chi connectivity index (χ2n) is 6.87. The van der Waals surface area contributed by atoms with E-state index < -0.39 is 0 Å². The summed E-state index contributed by atoms with van der Waals surface area (Å²) >= 11 is 0. The molecule has 0 aliphatic carbocycles. The number of nitrogens with zero attached hydrogens (tertiary/aromatic N) is 5. The van der Waals surface area contributed by atoms with Crippen molar-refractivity contribution in [2.45, 2.75) is 19.1 Å². The van der Waals surface area contributed by atoms with Crippen LogP contribution in [0.5, 0.6) is 0 Å². The Morgan fingerprint density at radius 3 is 2.92 bits per heavy atom. The van der Waals surface area contributed by atoms with E-state index >= 15 is 0 Å². The minimum atomic E-state index is 0.181. The zero-order valence-corrected chi connectivity index (χ0v) is 14.6. The highest BCUT2D eigenvalue weighted by Crippen LogP contribution is 2.26. The van der Waals surface area contributed by atoms with Crippen molar-refractivity contribution in [1.82, 2.24) is 19.8 Å². The van der Waals surface area contributed by atoms with Gasteiger partial charge >= 0.3 is 0 Å². The predicted octanol–water partition coefficient (Wildman–Crippen LogP) is 0.705. The number of ether oxygens (including phenoxy) is 1. The summed E-state index contributed by atoms with van der Waals surface area (Å²) in [5.41, 5.74) is 2.66. The van der Waals surface area contributed by atoms with Gasteiger partial charge in [-0.05, 0) is 25.1 Å². The van der Waals surface area contributed by atoms with E-state index in [1.165, 1.54) is 0 Å². The molecule has 2 aromatic rings. The summed E-state index contributed by atoms with van der Waals surface area (Å²) in [6.45, 7) is 9.08. The minimum Gasteiger partial charge on any atom is -0.370 e. The molecule has 2 aromatic heterocycles. The van der Waals surface area contributed by atoms with Crippen molar-refractivity contribution in [2.24, 2.45) is 0 Å². The maximum Gasteiger partial charge on any atom is 0.142 e. The lowest BCUT2D eigenvalue weighted by Crippen LogP contribution is -2.53. The van der Waals surface area contributed by atoms with Crippen LogP contribution in [0, 0.1) is 11.3 Å². The first kappa shape index (κ1) is 16.3. The van der Waals surface area contributed by atoms with Crippen LogP contribution in [0.4, 0.5) is 5.69 Å². The first-order valence-electron chi connectivity index (χ1n) is 8.95. The van der Waals surface area contributed by atoms with Crippen LogP contribution < -0.4 is 10.2 Å². The van der Waals surface area contributed by atoms with Crippen LogP contribution in [0.2, 0.25) is 0 Å². The van der Waals surface area contributed by atoms with Gasteiger partial charge in [0.05, 0.1) is 29.6 Å². The number of anilines is 1. The smallest absolute Gasteiger partial charge is 0.142 e. The zero-order chi connectivity index (χ0) is 17.2. The van der Waals surface area contributed by atoms with Gasteiger partial charge < -0.3 is 15.0 Å². The summed E-state index contributed by atoms with van der Waals surface area (Å²) in [5, 5.41) is 17.0. The van der Waals surface area contributed by atoms with Gasteiger partial charge in [-0.15, -0.1) is 0 Å². The first-order chi connectivity index (χ1) is 12.2. The van der Waals surface area contributed by atoms with Gasteiger partial charge in [0.25, 0.3) is 0 Å². The third-order valence-corrected chi connectivity index (χ3v) is 4.99. The van der Waals surface area contributed by atoms with Crippen molar-refractivity contribution in [2.75, 3.05) is 50.7 Å². The summed E-state index contributed by atoms with van der Waals surface area (Å²) < 4.78 is 7.92. The second-order valence-corrected chi connectivity index (χ2v) is 6.87. The molecule has 7 heteroatoms. The van der Waals surface area contributed by atoms with Crippen molar-refractivity contribution >= 4 is 11.2 Å². The van der Waals surface area contributed by atoms with Gasteiger partial charge in [0.1, 0.15) is 11.8 Å². The Morgan fingerprint density at radius 1 is 1.28 bits per heavy atom. The van der Waals surface area contributed by atoms with Crippen molar-refractivity contribution in [3.05, 3.63) is 30.1 Å². The number of aromatic nitrogens is 2. The largest absolute Gasteiger partial charge is 0.370 e. The first-order valence-corrected chi connectivity index (χ1v) is 8.95. The number of fused-ring (bicyclic) bond motifs is 1. The Kier molecular flexibility index (Phi) is 4.57. The summed E-state index contributed by atoms with van der Waals surface area (Å²) in [6.07, 6.45) is 2.13. The summed E-state index contributed by atoms with van der Waals surface area (Å²) in [7, 11) is 0. The number of hydrogen-bond acceptors (Lipinski definition) is 6. The van der Waals surface area contributed by atoms with Crippen molar-refractivity contribution in [3.8, 4) is 6.07 Å². The average molecular weight is 340 g/mol. The second kappa shape index (κ2) is 7.00. The van der Waals surface area contributed by atoms with Crippen LogP contribution in [0.3, 0.4) is 0 Å². The lowest BCUT2D eigenvalue weighted by molar-refractivity contribution is -0.0334. The predicted molar refractivity (Wildman–Crippen MR) is 95.8 cm³/mol. The Morgan fingerprint density at radius 2 is 2.12 bits per heavy atom. The molecule has 0 saturated carbocycles. The molecule has 0 amide bonds. The monoisotopic (exact) mass is 340 g/mol. The SMILES string of the molecule is C[C@@H]1CN(c2ccc(C#N)n3nccc23)C[C@H](CN2CCNCC2)O1. The molecule has 2 atom stereocenters. The number of hydrogen-bond donors (Lipinski definition) is 1. The van der Waals surface area contributed by atoms with E-state index in [2.05, 4.69) is 33.2 Å². The van der Waals surface area contributed by atoms with Crippen LogP contribution in [0.1, 0.15) is 12.6 Å². The topological polar surface area (TPSA) is 68.8 Å². The molecule has 2 aliphatic heterocycles. The van der Waals surface area contributed by atoms with Gasteiger partial charge in [-0.2, -0.15) is 10.4 Å². The van der Waals surface area contributed by atoms with E-state index in [4.69, 9.17) is 4.74 Å². The van der Waals surface area contributed by atoms with E-state index in [1.54, 1.807) is 10.7 Å². The van der Waals surface area contributed by atoms with Crippen LogP contribution in [0.15, 0.2) is 24.4 Å². The van der Waals surface area contributed by atoms with Gasteiger partial charge in [-0.1, -0.05) is 0 Å². The van der Waals surface area contributed by atoms with Gasteiger partial charge in [0.2, 0.25) is 0 Å². The van der Waals surface area contributed by atoms with Gasteiger partial charge in [-0.25, -0.2) is 4.52 Å². The molecular weight excluding hydrogens is 316 g/mol. The molecule has 2 fully saturated rings. The van der Waals surface area contributed by atoms with Crippen molar-refractivity contribution < 1.29 is 4.74 Å². The standard InChI is InChI=1S/C18H24N6O/c1-14-11-23(13-16(25-14)12-22-8-6-20-7-9-22)17-3-2-15(10-19)24-18(17)4-5-21-24/h2-5,14,16,20H,6-9,11-13H2,1H3/t14-,16+/m1/s1. The Labute approximate surface area is 147 Å². The molecule has 0 aromatic carbocycles. The van der Waals surface area contributed by atoms with E-state index in [0.717, 1.165) is 57.0 Å². The number of pyridine rings is 1. The Balaban J connectivity index is 1.55. The van der Waals surface area contributed by atoms with Crippen LogP contribution >= 0.6 is 0 Å². The maximum absolute atomic E-state index is 9.27. The fourth-order valence-electron chi connectivity index (χ4n) is 3.88. The number of piperazine rings is 1. The van der Waals surface area contributed by atoms with Crippen molar-refractivity contribution in [3.63, 3.8) is 0 Å². The lowest BCUT2D eigenvalue weighted by Gasteiger charge is -2.40. The molecule has 0 radical (unpaired) electrons. The zero-order valence-electron chi connectivity index (χ0n) is 14.6. The molecule has 1 N–H and O–H groups in total. The fourth-order valence-corrected chi connectivity index (χ4v) is 3.88. The molecule has 0 unspecified atom stereocenters. The highest BCUT2D eigenvalue weighted by Gasteiger charge is 2.28.